The van der Waals surface area contributed by atoms with Crippen LogP contribution in [0.15, 0.2) is 10.3 Å². The largest absolute Gasteiger partial charge is 0.368 e. The maximum atomic E-state index is 15.4. The van der Waals surface area contributed by atoms with Gasteiger partial charge >= 0.3 is 0 Å². The van der Waals surface area contributed by atoms with Crippen molar-refractivity contribution in [1.29, 1.82) is 0 Å². The number of nitrogens with one attached hydrogen (secondary N) is 1. The Hall–Kier alpha value is -1.12. The average molecular weight is 611 g/mol. The molecular formula is C23H40FIN6O4. The molecule has 12 heteroatoms. The van der Waals surface area contributed by atoms with Crippen LogP contribution in [0.2, 0.25) is 0 Å². The van der Waals surface area contributed by atoms with E-state index < -0.39 is 23.7 Å². The predicted octanol–water partition coefficient (Wildman–Crippen LogP) is 2.87. The number of alkyl halides is 2. The number of nitrogens with zero attached hydrogens (tertiary/aromatic N) is 3. The first-order valence-electron chi connectivity index (χ1n) is 12.9. The van der Waals surface area contributed by atoms with Gasteiger partial charge in [-0.05, 0) is 38.5 Å². The van der Waals surface area contributed by atoms with Crippen molar-refractivity contribution in [2.24, 2.45) is 21.8 Å². The number of nitrogens with two attached hydrogens (primary N) is 2. The summed E-state index contributed by atoms with van der Waals surface area (Å²) >= 11 is 2.31. The van der Waals surface area contributed by atoms with E-state index in [4.69, 9.17) is 20.9 Å². The molecule has 0 spiro atoms. The van der Waals surface area contributed by atoms with Crippen molar-refractivity contribution in [1.82, 2.24) is 10.3 Å². The fraction of sp³-hybridized carbons (Fsp3) is 0.913. The van der Waals surface area contributed by atoms with Gasteiger partial charge in [-0.25, -0.2) is 4.39 Å². The number of amides is 2. The van der Waals surface area contributed by atoms with Crippen molar-refractivity contribution in [3.63, 3.8) is 0 Å². The summed E-state index contributed by atoms with van der Waals surface area (Å²) < 4.78 is 27.8. The fourth-order valence-corrected chi connectivity index (χ4v) is 5.63. The zero-order valence-electron chi connectivity index (χ0n) is 20.5. The molecule has 3 aliphatic rings. The maximum absolute atomic E-state index is 15.4. The fourth-order valence-electron chi connectivity index (χ4n) is 4.98. The second-order valence-corrected chi connectivity index (χ2v) is 10.7. The summed E-state index contributed by atoms with van der Waals surface area (Å²) in [5.41, 5.74) is 8.75. The third-order valence-electron chi connectivity index (χ3n) is 7.11. The van der Waals surface area contributed by atoms with E-state index in [1.54, 1.807) is 0 Å². The smallest absolute Gasteiger partial charge is 0.257 e. The Morgan fingerprint density at radius 1 is 1.26 bits per heavy atom. The summed E-state index contributed by atoms with van der Waals surface area (Å²) in [6, 6.07) is -1.40. The van der Waals surface area contributed by atoms with Crippen molar-refractivity contribution in [3.05, 3.63) is 0 Å². The lowest BCUT2D eigenvalue weighted by atomic mass is 9.81. The molecule has 35 heavy (non-hydrogen) atoms. The van der Waals surface area contributed by atoms with Crippen LogP contribution < -0.4 is 16.8 Å². The molecule has 0 aromatic carbocycles. The Morgan fingerprint density at radius 2 is 2.06 bits per heavy atom. The number of primary amides is 2. The number of halogens is 2. The van der Waals surface area contributed by atoms with E-state index >= 15 is 4.39 Å². The number of unbranched alkanes of at least 4 members (excludes halogenated alkanes) is 2. The Kier molecular flexibility index (Phi) is 10.9. The first kappa shape index (κ1) is 28.5. The van der Waals surface area contributed by atoms with Gasteiger partial charge in [-0.1, -0.05) is 66.8 Å². The molecule has 0 radical (unpaired) electrons. The number of hydrogen-bond donors (Lipinski definition) is 3. The van der Waals surface area contributed by atoms with E-state index in [0.717, 1.165) is 55.8 Å². The summed E-state index contributed by atoms with van der Waals surface area (Å²) in [7, 11) is 0. The molecule has 10 nitrogen and oxygen atoms in total. The molecule has 0 bridgehead atoms. The lowest BCUT2D eigenvalue weighted by Gasteiger charge is -2.34. The number of carbonyl (C=O) groups is 2. The summed E-state index contributed by atoms with van der Waals surface area (Å²) in [4.78, 5) is 23.4. The lowest BCUT2D eigenvalue weighted by molar-refractivity contribution is -0.132. The SMILES string of the molecule is CCCC(NC1OC1OC(CI)CCCCCN1N=NC2C1CCCCCC2(F)C(N)=O)C(N)=O. The van der Waals surface area contributed by atoms with Gasteiger partial charge in [0, 0.05) is 11.0 Å². The van der Waals surface area contributed by atoms with E-state index in [1.807, 2.05) is 11.9 Å². The number of carbonyl (C=O) groups excluding carboxylic acids is 2. The molecule has 1 saturated carbocycles. The van der Waals surface area contributed by atoms with Crippen LogP contribution in [0.5, 0.6) is 0 Å². The lowest BCUT2D eigenvalue weighted by Crippen LogP contribution is -2.55. The topological polar surface area (TPSA) is 148 Å². The highest BCUT2D eigenvalue weighted by Gasteiger charge is 2.53. The third-order valence-corrected chi connectivity index (χ3v) is 8.09. The number of rotatable bonds is 15. The molecule has 7 atom stereocenters. The maximum Gasteiger partial charge on any atom is 0.257 e. The molecule has 7 unspecified atom stereocenters. The van der Waals surface area contributed by atoms with Gasteiger partial charge in [0.1, 0.15) is 6.04 Å². The summed E-state index contributed by atoms with van der Waals surface area (Å²) in [6.07, 6.45) is 8.10. The summed E-state index contributed by atoms with van der Waals surface area (Å²) in [5, 5.41) is 13.4. The normalized spacial score (nSPS) is 31.9. The molecule has 0 aromatic rings. The van der Waals surface area contributed by atoms with Crippen LogP contribution in [-0.4, -0.2) is 70.2 Å². The van der Waals surface area contributed by atoms with E-state index in [2.05, 4.69) is 38.2 Å². The Bertz CT molecular complexity index is 749. The quantitative estimate of drug-likeness (QED) is 0.112. The number of epoxide rings is 1. The number of ether oxygens (including phenoxy) is 2. The van der Waals surface area contributed by atoms with Gasteiger partial charge in [0.05, 0.1) is 18.2 Å². The van der Waals surface area contributed by atoms with Crippen LogP contribution in [0, 0.1) is 0 Å². The number of fused-ring (bicyclic) bond motifs is 1. The van der Waals surface area contributed by atoms with E-state index in [1.165, 1.54) is 0 Å². The Labute approximate surface area is 220 Å². The molecule has 3 rings (SSSR count). The van der Waals surface area contributed by atoms with E-state index in [9.17, 15) is 9.59 Å². The molecule has 1 aliphatic carbocycles. The third kappa shape index (κ3) is 7.68. The van der Waals surface area contributed by atoms with E-state index in [-0.39, 0.29) is 37.0 Å². The first-order chi connectivity index (χ1) is 16.8. The van der Waals surface area contributed by atoms with Crippen molar-refractivity contribution < 1.29 is 23.5 Å². The minimum Gasteiger partial charge on any atom is -0.368 e. The van der Waals surface area contributed by atoms with Crippen LogP contribution in [-0.2, 0) is 19.1 Å². The van der Waals surface area contributed by atoms with Gasteiger partial charge < -0.3 is 20.9 Å². The van der Waals surface area contributed by atoms with Gasteiger partial charge in [0.15, 0.2) is 12.5 Å². The standard InChI is InChI=1S/C23H40FIN6O4/c1-2-9-16(19(26)32)28-20-21(35-20)34-15(14-25)10-5-4-8-13-31-17-11-6-3-7-12-23(24,22(27)33)18(17)29-30-31/h15-18,20-21,28H,2-14H2,1H3,(H2,26,32)(H2,27,33). The monoisotopic (exact) mass is 610 g/mol. The summed E-state index contributed by atoms with van der Waals surface area (Å²) in [6.45, 7) is 2.68. The number of hydrogen-bond acceptors (Lipinski definition) is 8. The predicted molar refractivity (Wildman–Crippen MR) is 137 cm³/mol. The van der Waals surface area contributed by atoms with Crippen molar-refractivity contribution in [2.45, 2.75) is 120 Å². The summed E-state index contributed by atoms with van der Waals surface area (Å²) in [5.74, 6) is -1.30. The highest BCUT2D eigenvalue weighted by Crippen LogP contribution is 2.38. The van der Waals surface area contributed by atoms with Crippen molar-refractivity contribution in [3.8, 4) is 0 Å². The highest BCUT2D eigenvalue weighted by molar-refractivity contribution is 14.1. The second-order valence-electron chi connectivity index (χ2n) is 9.80. The highest BCUT2D eigenvalue weighted by atomic mass is 127. The van der Waals surface area contributed by atoms with Crippen molar-refractivity contribution >= 4 is 34.4 Å². The zero-order chi connectivity index (χ0) is 25.4. The van der Waals surface area contributed by atoms with Gasteiger partial charge in [-0.2, -0.15) is 5.11 Å². The molecule has 2 aliphatic heterocycles. The first-order valence-corrected chi connectivity index (χ1v) is 14.4. The molecule has 5 N–H and O–H groups in total. The molecule has 1 saturated heterocycles. The minimum absolute atomic E-state index is 0.0646. The van der Waals surface area contributed by atoms with Gasteiger partial charge in [0.25, 0.3) is 5.91 Å². The Morgan fingerprint density at radius 3 is 2.74 bits per heavy atom. The zero-order valence-corrected chi connectivity index (χ0v) is 22.7. The molecule has 200 valence electrons. The van der Waals surface area contributed by atoms with Crippen molar-refractivity contribution in [2.75, 3.05) is 11.0 Å². The average Bonchev–Trinajstić information content (AvgIpc) is 3.42. The second kappa shape index (κ2) is 13.4. The minimum atomic E-state index is -2.11. The van der Waals surface area contributed by atoms with Crippen LogP contribution in [0.3, 0.4) is 0 Å². The van der Waals surface area contributed by atoms with Crippen LogP contribution in [0.25, 0.3) is 0 Å². The van der Waals surface area contributed by atoms with Crippen LogP contribution in [0.1, 0.15) is 77.6 Å². The molecule has 2 fully saturated rings. The molecule has 0 aromatic heterocycles. The van der Waals surface area contributed by atoms with Crippen LogP contribution in [0.4, 0.5) is 4.39 Å². The van der Waals surface area contributed by atoms with Gasteiger partial charge in [-0.15, -0.1) is 0 Å². The van der Waals surface area contributed by atoms with Gasteiger partial charge in [0.2, 0.25) is 11.6 Å². The molecule has 2 heterocycles. The molecular weight excluding hydrogens is 570 g/mol. The van der Waals surface area contributed by atoms with Gasteiger partial charge in [-0.3, -0.25) is 19.9 Å². The Balaban J connectivity index is 1.36. The van der Waals surface area contributed by atoms with Crippen LogP contribution >= 0.6 is 22.6 Å². The van der Waals surface area contributed by atoms with E-state index in [0.29, 0.717) is 19.4 Å². The molecule has 2 amide bonds.